The SMILES string of the molecule is NC(=NO)c1ccccc1CNCc1ccncc1. The summed E-state index contributed by atoms with van der Waals surface area (Å²) in [5, 5.41) is 15.1. The molecule has 4 N–H and O–H groups in total. The molecule has 98 valence electrons. The molecule has 0 aliphatic carbocycles. The van der Waals surface area contributed by atoms with E-state index in [2.05, 4.69) is 15.5 Å². The average molecular weight is 256 g/mol. The summed E-state index contributed by atoms with van der Waals surface area (Å²) in [6.07, 6.45) is 3.53. The summed E-state index contributed by atoms with van der Waals surface area (Å²) >= 11 is 0. The van der Waals surface area contributed by atoms with Gasteiger partial charge in [-0.2, -0.15) is 0 Å². The Bertz CT molecular complexity index is 554. The Morgan fingerprint density at radius 2 is 1.89 bits per heavy atom. The van der Waals surface area contributed by atoms with Gasteiger partial charge in [0.2, 0.25) is 0 Å². The third kappa shape index (κ3) is 3.53. The van der Waals surface area contributed by atoms with Gasteiger partial charge in [0.15, 0.2) is 5.84 Å². The first-order chi connectivity index (χ1) is 9.31. The molecule has 0 aliphatic rings. The minimum Gasteiger partial charge on any atom is -0.409 e. The molecule has 2 aromatic rings. The van der Waals surface area contributed by atoms with Gasteiger partial charge in [-0.1, -0.05) is 29.4 Å². The molecule has 5 heteroatoms. The van der Waals surface area contributed by atoms with Gasteiger partial charge in [-0.25, -0.2) is 0 Å². The molecule has 2 rings (SSSR count). The number of aromatic nitrogens is 1. The van der Waals surface area contributed by atoms with E-state index in [0.717, 1.165) is 23.2 Å². The molecule has 0 spiro atoms. The summed E-state index contributed by atoms with van der Waals surface area (Å²) in [5.41, 5.74) is 8.54. The maximum Gasteiger partial charge on any atom is 0.170 e. The number of oxime groups is 1. The van der Waals surface area contributed by atoms with Crippen LogP contribution >= 0.6 is 0 Å². The number of hydrogen-bond acceptors (Lipinski definition) is 4. The zero-order valence-electron chi connectivity index (χ0n) is 10.5. The number of hydrogen-bond donors (Lipinski definition) is 3. The van der Waals surface area contributed by atoms with Gasteiger partial charge in [-0.05, 0) is 23.3 Å². The lowest BCUT2D eigenvalue weighted by Crippen LogP contribution is -2.19. The normalized spacial score (nSPS) is 11.5. The Balaban J connectivity index is 2.00. The van der Waals surface area contributed by atoms with Crippen LogP contribution in [-0.2, 0) is 13.1 Å². The lowest BCUT2D eigenvalue weighted by molar-refractivity contribution is 0.318. The zero-order valence-corrected chi connectivity index (χ0v) is 10.5. The highest BCUT2D eigenvalue weighted by molar-refractivity contribution is 5.98. The zero-order chi connectivity index (χ0) is 13.5. The van der Waals surface area contributed by atoms with Crippen LogP contribution in [0.5, 0.6) is 0 Å². The quantitative estimate of drug-likeness (QED) is 0.327. The summed E-state index contributed by atoms with van der Waals surface area (Å²) in [6, 6.07) is 11.5. The van der Waals surface area contributed by atoms with Crippen molar-refractivity contribution in [3.63, 3.8) is 0 Å². The number of rotatable bonds is 5. The predicted molar refractivity (Wildman–Crippen MR) is 73.7 cm³/mol. The second kappa shape index (κ2) is 6.51. The standard InChI is InChI=1S/C14H16N4O/c15-14(18-19)13-4-2-1-3-12(13)10-17-9-11-5-7-16-8-6-11/h1-8,17,19H,9-10H2,(H2,15,18). The molecule has 0 radical (unpaired) electrons. The van der Waals surface area contributed by atoms with Crippen LogP contribution in [-0.4, -0.2) is 16.0 Å². The molecule has 0 amide bonds. The fourth-order valence-electron chi connectivity index (χ4n) is 1.82. The number of nitrogens with one attached hydrogen (secondary N) is 1. The number of nitrogens with two attached hydrogens (primary N) is 1. The molecule has 0 aliphatic heterocycles. The first kappa shape index (κ1) is 13.0. The average Bonchev–Trinajstić information content (AvgIpc) is 2.48. The minimum atomic E-state index is 0.126. The van der Waals surface area contributed by atoms with Gasteiger partial charge in [0.25, 0.3) is 0 Å². The van der Waals surface area contributed by atoms with Gasteiger partial charge in [-0.15, -0.1) is 0 Å². The van der Waals surface area contributed by atoms with E-state index in [9.17, 15) is 0 Å². The van der Waals surface area contributed by atoms with Crippen LogP contribution in [0, 0.1) is 0 Å². The molecule has 5 nitrogen and oxygen atoms in total. The first-order valence-corrected chi connectivity index (χ1v) is 5.96. The van der Waals surface area contributed by atoms with Crippen LogP contribution in [0.15, 0.2) is 53.9 Å². The van der Waals surface area contributed by atoms with E-state index in [1.165, 1.54) is 0 Å². The lowest BCUT2D eigenvalue weighted by Gasteiger charge is -2.09. The van der Waals surface area contributed by atoms with Crippen LogP contribution in [0.2, 0.25) is 0 Å². The molecule has 0 fully saturated rings. The van der Waals surface area contributed by atoms with Crippen molar-refractivity contribution in [2.45, 2.75) is 13.1 Å². The van der Waals surface area contributed by atoms with Crippen molar-refractivity contribution < 1.29 is 5.21 Å². The van der Waals surface area contributed by atoms with Gasteiger partial charge in [0.1, 0.15) is 0 Å². The van der Waals surface area contributed by atoms with Crippen molar-refractivity contribution in [2.75, 3.05) is 0 Å². The van der Waals surface area contributed by atoms with E-state index in [0.29, 0.717) is 6.54 Å². The second-order valence-corrected chi connectivity index (χ2v) is 4.10. The Hall–Kier alpha value is -2.40. The van der Waals surface area contributed by atoms with E-state index >= 15 is 0 Å². The molecule has 0 unspecified atom stereocenters. The van der Waals surface area contributed by atoms with Crippen LogP contribution in [0.3, 0.4) is 0 Å². The Labute approximate surface area is 111 Å². The van der Waals surface area contributed by atoms with Crippen LogP contribution in [0.1, 0.15) is 16.7 Å². The number of benzene rings is 1. The molecule has 19 heavy (non-hydrogen) atoms. The van der Waals surface area contributed by atoms with Gasteiger partial charge >= 0.3 is 0 Å². The van der Waals surface area contributed by atoms with Gasteiger partial charge in [0.05, 0.1) is 0 Å². The summed E-state index contributed by atoms with van der Waals surface area (Å²) < 4.78 is 0. The molecular weight excluding hydrogens is 240 g/mol. The Morgan fingerprint density at radius 1 is 1.16 bits per heavy atom. The van der Waals surface area contributed by atoms with E-state index in [1.807, 2.05) is 36.4 Å². The summed E-state index contributed by atoms with van der Waals surface area (Å²) in [6.45, 7) is 1.39. The summed E-state index contributed by atoms with van der Waals surface area (Å²) in [4.78, 5) is 3.97. The van der Waals surface area contributed by atoms with Crippen LogP contribution in [0.4, 0.5) is 0 Å². The van der Waals surface area contributed by atoms with Gasteiger partial charge in [-0.3, -0.25) is 4.98 Å². The van der Waals surface area contributed by atoms with E-state index < -0.39 is 0 Å². The molecule has 0 atom stereocenters. The topological polar surface area (TPSA) is 83.5 Å². The van der Waals surface area contributed by atoms with Gasteiger partial charge in [0, 0.05) is 31.0 Å². The maximum absolute atomic E-state index is 8.75. The molecule has 0 saturated carbocycles. The molecular formula is C14H16N4O. The second-order valence-electron chi connectivity index (χ2n) is 4.10. The van der Waals surface area contributed by atoms with Crippen molar-refractivity contribution in [3.05, 3.63) is 65.5 Å². The highest BCUT2D eigenvalue weighted by Crippen LogP contribution is 2.08. The van der Waals surface area contributed by atoms with Crippen molar-refractivity contribution in [2.24, 2.45) is 10.9 Å². The highest BCUT2D eigenvalue weighted by atomic mass is 16.4. The third-order valence-corrected chi connectivity index (χ3v) is 2.79. The van der Waals surface area contributed by atoms with Crippen LogP contribution < -0.4 is 11.1 Å². The number of nitrogens with zero attached hydrogens (tertiary/aromatic N) is 2. The van der Waals surface area contributed by atoms with Crippen molar-refractivity contribution in [1.29, 1.82) is 0 Å². The molecule has 1 aromatic heterocycles. The number of pyridine rings is 1. The monoisotopic (exact) mass is 256 g/mol. The van der Waals surface area contributed by atoms with E-state index in [1.54, 1.807) is 12.4 Å². The van der Waals surface area contributed by atoms with Crippen molar-refractivity contribution in [1.82, 2.24) is 10.3 Å². The maximum atomic E-state index is 8.75. The molecule has 0 bridgehead atoms. The fraction of sp³-hybridized carbons (Fsp3) is 0.143. The molecule has 1 aromatic carbocycles. The highest BCUT2D eigenvalue weighted by Gasteiger charge is 2.05. The Kier molecular flexibility index (Phi) is 4.47. The smallest absolute Gasteiger partial charge is 0.170 e. The fourth-order valence-corrected chi connectivity index (χ4v) is 1.82. The first-order valence-electron chi connectivity index (χ1n) is 5.96. The van der Waals surface area contributed by atoms with Crippen molar-refractivity contribution in [3.8, 4) is 0 Å². The Morgan fingerprint density at radius 3 is 2.63 bits per heavy atom. The van der Waals surface area contributed by atoms with Crippen LogP contribution in [0.25, 0.3) is 0 Å². The van der Waals surface area contributed by atoms with E-state index in [4.69, 9.17) is 10.9 Å². The van der Waals surface area contributed by atoms with Crippen molar-refractivity contribution >= 4 is 5.84 Å². The lowest BCUT2D eigenvalue weighted by atomic mass is 10.1. The van der Waals surface area contributed by atoms with Gasteiger partial charge < -0.3 is 16.3 Å². The molecule has 0 saturated heterocycles. The summed E-state index contributed by atoms with van der Waals surface area (Å²) in [7, 11) is 0. The minimum absolute atomic E-state index is 0.126. The summed E-state index contributed by atoms with van der Waals surface area (Å²) in [5.74, 6) is 0.126. The largest absolute Gasteiger partial charge is 0.409 e. The number of amidine groups is 1. The molecule has 1 heterocycles. The third-order valence-electron chi connectivity index (χ3n) is 2.79. The predicted octanol–water partition coefficient (Wildman–Crippen LogP) is 1.47. The van der Waals surface area contributed by atoms with E-state index in [-0.39, 0.29) is 5.84 Å².